The Morgan fingerprint density at radius 1 is 1.20 bits per heavy atom. The maximum Gasteiger partial charge on any atom is 0.219 e. The average molecular weight is 338 g/mol. The minimum atomic E-state index is 0.348. The van der Waals surface area contributed by atoms with Crippen LogP contribution in [0.5, 0.6) is 5.88 Å². The SMILES string of the molecule is CNc1cc(OCc2ccccc2Br)nc(COC)n1. The third-order valence-electron chi connectivity index (χ3n) is 2.61. The molecule has 0 radical (unpaired) electrons. The fourth-order valence-electron chi connectivity index (χ4n) is 1.64. The second-order valence-corrected chi connectivity index (χ2v) is 4.93. The topological polar surface area (TPSA) is 56.3 Å². The van der Waals surface area contributed by atoms with Crippen LogP contribution < -0.4 is 10.1 Å². The first kappa shape index (κ1) is 14.7. The largest absolute Gasteiger partial charge is 0.473 e. The van der Waals surface area contributed by atoms with Gasteiger partial charge in [-0.25, -0.2) is 4.98 Å². The Morgan fingerprint density at radius 3 is 2.70 bits per heavy atom. The zero-order chi connectivity index (χ0) is 14.4. The average Bonchev–Trinajstić information content (AvgIpc) is 2.46. The Labute approximate surface area is 126 Å². The molecule has 0 spiro atoms. The van der Waals surface area contributed by atoms with Gasteiger partial charge in [0.25, 0.3) is 0 Å². The molecule has 2 aromatic rings. The normalized spacial score (nSPS) is 10.3. The van der Waals surface area contributed by atoms with Crippen LogP contribution >= 0.6 is 15.9 Å². The molecule has 0 saturated heterocycles. The van der Waals surface area contributed by atoms with E-state index >= 15 is 0 Å². The third-order valence-corrected chi connectivity index (χ3v) is 3.39. The molecule has 0 saturated carbocycles. The van der Waals surface area contributed by atoms with Crippen molar-refractivity contribution in [3.63, 3.8) is 0 Å². The molecule has 6 heteroatoms. The van der Waals surface area contributed by atoms with E-state index in [-0.39, 0.29) is 0 Å². The van der Waals surface area contributed by atoms with Crippen LogP contribution in [0.2, 0.25) is 0 Å². The van der Waals surface area contributed by atoms with Crippen molar-refractivity contribution in [1.29, 1.82) is 0 Å². The van der Waals surface area contributed by atoms with Crippen molar-refractivity contribution in [3.8, 4) is 5.88 Å². The lowest BCUT2D eigenvalue weighted by Crippen LogP contribution is -2.05. The number of methoxy groups -OCH3 is 1. The molecule has 106 valence electrons. The van der Waals surface area contributed by atoms with Crippen molar-refractivity contribution >= 4 is 21.7 Å². The predicted molar refractivity (Wildman–Crippen MR) is 80.8 cm³/mol. The van der Waals surface area contributed by atoms with Gasteiger partial charge in [0.1, 0.15) is 19.0 Å². The third kappa shape index (κ3) is 3.91. The summed E-state index contributed by atoms with van der Waals surface area (Å²) in [5, 5.41) is 2.98. The number of nitrogens with one attached hydrogen (secondary N) is 1. The molecule has 0 fully saturated rings. The van der Waals surface area contributed by atoms with Crippen LogP contribution in [0.15, 0.2) is 34.8 Å². The van der Waals surface area contributed by atoms with E-state index in [1.165, 1.54) is 0 Å². The Bertz CT molecular complexity index is 578. The number of rotatable bonds is 6. The molecule has 1 aromatic carbocycles. The maximum atomic E-state index is 5.73. The summed E-state index contributed by atoms with van der Waals surface area (Å²) in [6, 6.07) is 9.68. The van der Waals surface area contributed by atoms with Gasteiger partial charge in [0, 0.05) is 30.3 Å². The van der Waals surface area contributed by atoms with E-state index in [9.17, 15) is 0 Å². The Kier molecular flexibility index (Phi) is 5.31. The molecule has 1 aromatic heterocycles. The minimum Gasteiger partial charge on any atom is -0.473 e. The first-order chi connectivity index (χ1) is 9.72. The summed E-state index contributed by atoms with van der Waals surface area (Å²) in [5.41, 5.74) is 1.06. The van der Waals surface area contributed by atoms with E-state index in [0.717, 1.165) is 10.0 Å². The molecule has 0 aliphatic rings. The summed E-state index contributed by atoms with van der Waals surface area (Å²) < 4.78 is 11.8. The molecule has 5 nitrogen and oxygen atoms in total. The molecule has 0 aliphatic carbocycles. The standard InChI is InChI=1S/C14H16BrN3O2/c1-16-12-7-14(18-13(17-12)9-19-2)20-8-10-5-3-4-6-11(10)15/h3-7H,8-9H2,1-2H3,(H,16,17,18). The van der Waals surface area contributed by atoms with Gasteiger partial charge in [0.05, 0.1) is 0 Å². The molecule has 0 atom stereocenters. The maximum absolute atomic E-state index is 5.73. The highest BCUT2D eigenvalue weighted by Crippen LogP contribution is 2.19. The summed E-state index contributed by atoms with van der Waals surface area (Å²) in [5.74, 6) is 1.81. The highest BCUT2D eigenvalue weighted by Gasteiger charge is 2.06. The molecule has 0 amide bonds. The van der Waals surface area contributed by atoms with E-state index in [0.29, 0.717) is 30.7 Å². The van der Waals surface area contributed by atoms with Crippen molar-refractivity contribution in [1.82, 2.24) is 9.97 Å². The van der Waals surface area contributed by atoms with Gasteiger partial charge < -0.3 is 14.8 Å². The number of hydrogen-bond acceptors (Lipinski definition) is 5. The minimum absolute atomic E-state index is 0.348. The lowest BCUT2D eigenvalue weighted by atomic mass is 10.2. The van der Waals surface area contributed by atoms with Gasteiger partial charge in [-0.3, -0.25) is 0 Å². The quantitative estimate of drug-likeness (QED) is 0.878. The van der Waals surface area contributed by atoms with Crippen molar-refractivity contribution in [3.05, 3.63) is 46.2 Å². The van der Waals surface area contributed by atoms with Gasteiger partial charge in [-0.2, -0.15) is 4.98 Å². The molecular formula is C14H16BrN3O2. The molecule has 0 unspecified atom stereocenters. The van der Waals surface area contributed by atoms with Gasteiger partial charge >= 0.3 is 0 Å². The predicted octanol–water partition coefficient (Wildman–Crippen LogP) is 3.01. The van der Waals surface area contributed by atoms with Crippen LogP contribution in [0, 0.1) is 0 Å². The summed E-state index contributed by atoms with van der Waals surface area (Å²) in [6.45, 7) is 0.787. The van der Waals surface area contributed by atoms with Crippen molar-refractivity contribution in [2.45, 2.75) is 13.2 Å². The van der Waals surface area contributed by atoms with Crippen molar-refractivity contribution < 1.29 is 9.47 Å². The van der Waals surface area contributed by atoms with Crippen molar-refractivity contribution in [2.75, 3.05) is 19.5 Å². The van der Waals surface area contributed by atoms with Gasteiger partial charge in [0.15, 0.2) is 5.82 Å². The van der Waals surface area contributed by atoms with E-state index in [2.05, 4.69) is 31.2 Å². The molecule has 2 rings (SSSR count). The lowest BCUT2D eigenvalue weighted by molar-refractivity contribution is 0.176. The number of nitrogens with zero attached hydrogens (tertiary/aromatic N) is 2. The molecule has 1 heterocycles. The fraction of sp³-hybridized carbons (Fsp3) is 0.286. The van der Waals surface area contributed by atoms with Crippen LogP contribution in [0.3, 0.4) is 0 Å². The fourth-order valence-corrected chi connectivity index (χ4v) is 2.03. The van der Waals surface area contributed by atoms with Crippen LogP contribution in [-0.4, -0.2) is 24.1 Å². The Morgan fingerprint density at radius 2 is 2.00 bits per heavy atom. The number of hydrogen-bond donors (Lipinski definition) is 1. The molecular weight excluding hydrogens is 322 g/mol. The second-order valence-electron chi connectivity index (χ2n) is 4.07. The van der Waals surface area contributed by atoms with E-state index in [4.69, 9.17) is 9.47 Å². The monoisotopic (exact) mass is 337 g/mol. The van der Waals surface area contributed by atoms with Crippen LogP contribution in [-0.2, 0) is 18.0 Å². The first-order valence-corrected chi connectivity index (χ1v) is 6.93. The summed E-state index contributed by atoms with van der Waals surface area (Å²) in [6.07, 6.45) is 0. The lowest BCUT2D eigenvalue weighted by Gasteiger charge is -2.10. The van der Waals surface area contributed by atoms with Crippen LogP contribution in [0.1, 0.15) is 11.4 Å². The molecule has 20 heavy (non-hydrogen) atoms. The Hall–Kier alpha value is -1.66. The highest BCUT2D eigenvalue weighted by atomic mass is 79.9. The molecule has 0 aliphatic heterocycles. The highest BCUT2D eigenvalue weighted by molar-refractivity contribution is 9.10. The summed E-state index contributed by atoms with van der Waals surface area (Å²) >= 11 is 3.49. The number of benzene rings is 1. The first-order valence-electron chi connectivity index (χ1n) is 6.13. The van der Waals surface area contributed by atoms with Gasteiger partial charge in [-0.05, 0) is 6.07 Å². The molecule has 0 bridgehead atoms. The smallest absolute Gasteiger partial charge is 0.219 e. The second kappa shape index (κ2) is 7.21. The van der Waals surface area contributed by atoms with Crippen LogP contribution in [0.25, 0.3) is 0 Å². The summed E-state index contributed by atoms with van der Waals surface area (Å²) in [7, 11) is 3.41. The van der Waals surface area contributed by atoms with E-state index in [1.54, 1.807) is 20.2 Å². The van der Waals surface area contributed by atoms with Crippen LogP contribution in [0.4, 0.5) is 5.82 Å². The number of ether oxygens (including phenoxy) is 2. The summed E-state index contributed by atoms with van der Waals surface area (Å²) in [4.78, 5) is 8.58. The van der Waals surface area contributed by atoms with Gasteiger partial charge in [-0.15, -0.1) is 0 Å². The number of aromatic nitrogens is 2. The number of anilines is 1. The van der Waals surface area contributed by atoms with Gasteiger partial charge in [-0.1, -0.05) is 34.1 Å². The van der Waals surface area contributed by atoms with Crippen molar-refractivity contribution in [2.24, 2.45) is 0 Å². The zero-order valence-corrected chi connectivity index (χ0v) is 13.0. The van der Waals surface area contributed by atoms with Gasteiger partial charge in [0.2, 0.25) is 5.88 Å². The Balaban J connectivity index is 2.12. The zero-order valence-electron chi connectivity index (χ0n) is 11.4. The molecule has 1 N–H and O–H groups in total. The van der Waals surface area contributed by atoms with E-state index < -0.39 is 0 Å². The number of halogens is 1. The van der Waals surface area contributed by atoms with E-state index in [1.807, 2.05) is 24.3 Å².